The van der Waals surface area contributed by atoms with Gasteiger partial charge in [0.05, 0.1) is 13.4 Å². The molecule has 0 amide bonds. The standard InChI is InChI=1S/C23H28N4OS/c1-18-8-6-9-19(2)22(18)25-23(29)27(14-7-13-26-15-12-24-17-26)16-20-10-4-5-11-21(20)28-3/h4-6,8-12,15,17H,7,13-14,16H2,1-3H3,(H,25,29). The number of aryl methyl sites for hydroxylation is 3. The highest BCUT2D eigenvalue weighted by Gasteiger charge is 2.15. The van der Waals surface area contributed by atoms with Crippen molar-refractivity contribution in [1.29, 1.82) is 0 Å². The van der Waals surface area contributed by atoms with Crippen molar-refractivity contribution in [2.24, 2.45) is 0 Å². The molecular weight excluding hydrogens is 380 g/mol. The Morgan fingerprint density at radius 3 is 2.59 bits per heavy atom. The van der Waals surface area contributed by atoms with E-state index in [1.807, 2.05) is 30.7 Å². The largest absolute Gasteiger partial charge is 0.496 e. The molecule has 1 N–H and O–H groups in total. The number of hydrogen-bond acceptors (Lipinski definition) is 3. The summed E-state index contributed by atoms with van der Waals surface area (Å²) in [5.41, 5.74) is 4.56. The minimum Gasteiger partial charge on any atom is -0.496 e. The van der Waals surface area contributed by atoms with Crippen LogP contribution in [0.15, 0.2) is 61.2 Å². The van der Waals surface area contributed by atoms with Gasteiger partial charge in [-0.25, -0.2) is 4.98 Å². The fraction of sp³-hybridized carbons (Fsp3) is 0.304. The number of methoxy groups -OCH3 is 1. The summed E-state index contributed by atoms with van der Waals surface area (Å²) in [6, 6.07) is 14.4. The van der Waals surface area contributed by atoms with Gasteiger partial charge >= 0.3 is 0 Å². The first-order chi connectivity index (χ1) is 14.1. The first kappa shape index (κ1) is 20.9. The Kier molecular flexibility index (Phi) is 7.25. The first-order valence-corrected chi connectivity index (χ1v) is 10.2. The van der Waals surface area contributed by atoms with Crippen LogP contribution in [-0.4, -0.2) is 33.2 Å². The van der Waals surface area contributed by atoms with Crippen molar-refractivity contribution in [3.8, 4) is 5.75 Å². The van der Waals surface area contributed by atoms with E-state index in [0.29, 0.717) is 6.54 Å². The Bertz CT molecular complexity index is 920. The number of anilines is 1. The Morgan fingerprint density at radius 1 is 1.14 bits per heavy atom. The highest BCUT2D eigenvalue weighted by atomic mass is 32.1. The van der Waals surface area contributed by atoms with Gasteiger partial charge in [-0.05, 0) is 49.7 Å². The number of rotatable bonds is 8. The maximum atomic E-state index is 5.82. The summed E-state index contributed by atoms with van der Waals surface area (Å²) in [5.74, 6) is 0.877. The molecule has 0 bridgehead atoms. The van der Waals surface area contributed by atoms with Crippen molar-refractivity contribution < 1.29 is 4.74 Å². The average molecular weight is 409 g/mol. The summed E-state index contributed by atoms with van der Waals surface area (Å²) in [5, 5.41) is 4.20. The van der Waals surface area contributed by atoms with Crippen LogP contribution in [0.25, 0.3) is 0 Å². The molecule has 0 atom stereocenters. The minimum absolute atomic E-state index is 0.685. The second-order valence-corrected chi connectivity index (χ2v) is 7.47. The van der Waals surface area contributed by atoms with Crippen LogP contribution in [0.1, 0.15) is 23.1 Å². The van der Waals surface area contributed by atoms with Gasteiger partial charge in [-0.15, -0.1) is 0 Å². The van der Waals surface area contributed by atoms with Crippen LogP contribution in [0.5, 0.6) is 5.75 Å². The van der Waals surface area contributed by atoms with E-state index in [1.54, 1.807) is 13.3 Å². The number of para-hydroxylation sites is 2. The maximum absolute atomic E-state index is 5.82. The SMILES string of the molecule is COc1ccccc1CN(CCCn1ccnc1)C(=S)Nc1c(C)cccc1C. The quantitative estimate of drug-likeness (QED) is 0.543. The highest BCUT2D eigenvalue weighted by molar-refractivity contribution is 7.80. The second kappa shape index (κ2) is 10.1. The fourth-order valence-corrected chi connectivity index (χ4v) is 3.61. The number of nitrogens with one attached hydrogen (secondary N) is 1. The normalized spacial score (nSPS) is 10.6. The van der Waals surface area contributed by atoms with Gasteiger partial charge in [0.25, 0.3) is 0 Å². The van der Waals surface area contributed by atoms with E-state index >= 15 is 0 Å². The molecule has 0 aliphatic carbocycles. The molecule has 1 aromatic heterocycles. The topological polar surface area (TPSA) is 42.3 Å². The summed E-state index contributed by atoms with van der Waals surface area (Å²) < 4.78 is 7.63. The molecule has 0 aliphatic rings. The third-order valence-corrected chi connectivity index (χ3v) is 5.32. The average Bonchev–Trinajstić information content (AvgIpc) is 3.24. The molecule has 0 fully saturated rings. The molecule has 3 rings (SSSR count). The molecule has 0 spiro atoms. The summed E-state index contributed by atoms with van der Waals surface area (Å²) in [6.07, 6.45) is 6.59. The molecule has 2 aromatic carbocycles. The number of thiocarbonyl (C=S) groups is 1. The molecule has 5 nitrogen and oxygen atoms in total. The number of benzene rings is 2. The third-order valence-electron chi connectivity index (χ3n) is 4.96. The van der Waals surface area contributed by atoms with Gasteiger partial charge < -0.3 is 19.5 Å². The van der Waals surface area contributed by atoms with Crippen molar-refractivity contribution in [2.75, 3.05) is 19.0 Å². The molecule has 6 heteroatoms. The molecule has 0 aliphatic heterocycles. The number of imidazole rings is 1. The number of aromatic nitrogens is 2. The van der Waals surface area contributed by atoms with E-state index in [4.69, 9.17) is 17.0 Å². The van der Waals surface area contributed by atoms with Crippen molar-refractivity contribution in [3.05, 3.63) is 77.9 Å². The lowest BCUT2D eigenvalue weighted by molar-refractivity contribution is 0.372. The monoisotopic (exact) mass is 408 g/mol. The molecular formula is C23H28N4OS. The lowest BCUT2D eigenvalue weighted by Crippen LogP contribution is -2.36. The Balaban J connectivity index is 1.76. The predicted octanol–water partition coefficient (Wildman–Crippen LogP) is 4.80. The zero-order valence-electron chi connectivity index (χ0n) is 17.3. The molecule has 0 radical (unpaired) electrons. The number of nitrogens with zero attached hydrogens (tertiary/aromatic N) is 3. The Hall–Kier alpha value is -2.86. The highest BCUT2D eigenvalue weighted by Crippen LogP contribution is 2.23. The predicted molar refractivity (Wildman–Crippen MR) is 122 cm³/mol. The number of hydrogen-bond donors (Lipinski definition) is 1. The van der Waals surface area contributed by atoms with Gasteiger partial charge in [-0.2, -0.15) is 0 Å². The van der Waals surface area contributed by atoms with Gasteiger partial charge in [0.15, 0.2) is 5.11 Å². The molecule has 0 unspecified atom stereocenters. The summed E-state index contributed by atoms with van der Waals surface area (Å²) in [6.45, 7) is 6.61. The van der Waals surface area contributed by atoms with E-state index in [9.17, 15) is 0 Å². The van der Waals surface area contributed by atoms with Gasteiger partial charge in [0.1, 0.15) is 5.75 Å². The van der Waals surface area contributed by atoms with Gasteiger partial charge in [0, 0.05) is 43.3 Å². The second-order valence-electron chi connectivity index (χ2n) is 7.08. The van der Waals surface area contributed by atoms with Crippen molar-refractivity contribution >= 4 is 23.0 Å². The molecule has 1 heterocycles. The van der Waals surface area contributed by atoms with Crippen molar-refractivity contribution in [2.45, 2.75) is 33.4 Å². The van der Waals surface area contributed by atoms with Gasteiger partial charge in [-0.1, -0.05) is 36.4 Å². The van der Waals surface area contributed by atoms with E-state index < -0.39 is 0 Å². The van der Waals surface area contributed by atoms with E-state index in [-0.39, 0.29) is 0 Å². The van der Waals surface area contributed by atoms with Crippen LogP contribution in [0.2, 0.25) is 0 Å². The zero-order chi connectivity index (χ0) is 20.6. The zero-order valence-corrected chi connectivity index (χ0v) is 18.1. The summed E-state index contributed by atoms with van der Waals surface area (Å²) in [7, 11) is 1.70. The molecule has 29 heavy (non-hydrogen) atoms. The van der Waals surface area contributed by atoms with Gasteiger partial charge in [-0.3, -0.25) is 0 Å². The first-order valence-electron chi connectivity index (χ1n) is 9.78. The molecule has 0 saturated carbocycles. The Morgan fingerprint density at radius 2 is 1.90 bits per heavy atom. The summed E-state index contributed by atoms with van der Waals surface area (Å²) >= 11 is 5.82. The van der Waals surface area contributed by atoms with Crippen LogP contribution in [0.3, 0.4) is 0 Å². The van der Waals surface area contributed by atoms with E-state index in [0.717, 1.165) is 41.6 Å². The summed E-state index contributed by atoms with van der Waals surface area (Å²) in [4.78, 5) is 6.32. The maximum Gasteiger partial charge on any atom is 0.173 e. The smallest absolute Gasteiger partial charge is 0.173 e. The van der Waals surface area contributed by atoms with Crippen LogP contribution < -0.4 is 10.1 Å². The molecule has 3 aromatic rings. The van der Waals surface area contributed by atoms with E-state index in [1.165, 1.54) is 11.1 Å². The lowest BCUT2D eigenvalue weighted by atomic mass is 10.1. The molecule has 0 saturated heterocycles. The Labute approximate surface area is 178 Å². The fourth-order valence-electron chi connectivity index (χ4n) is 3.35. The van der Waals surface area contributed by atoms with Crippen LogP contribution in [0, 0.1) is 13.8 Å². The lowest BCUT2D eigenvalue weighted by Gasteiger charge is -2.28. The molecule has 152 valence electrons. The van der Waals surface area contributed by atoms with E-state index in [2.05, 4.69) is 57.9 Å². The minimum atomic E-state index is 0.685. The van der Waals surface area contributed by atoms with Crippen LogP contribution >= 0.6 is 12.2 Å². The van der Waals surface area contributed by atoms with Crippen molar-refractivity contribution in [3.63, 3.8) is 0 Å². The van der Waals surface area contributed by atoms with Crippen LogP contribution in [-0.2, 0) is 13.1 Å². The van der Waals surface area contributed by atoms with Gasteiger partial charge in [0.2, 0.25) is 0 Å². The third kappa shape index (κ3) is 5.57. The number of ether oxygens (including phenoxy) is 1. The van der Waals surface area contributed by atoms with Crippen molar-refractivity contribution in [1.82, 2.24) is 14.5 Å². The van der Waals surface area contributed by atoms with Crippen LogP contribution in [0.4, 0.5) is 5.69 Å².